The molecule has 0 atom stereocenters. The summed E-state index contributed by atoms with van der Waals surface area (Å²) >= 11 is 5.77. The lowest BCUT2D eigenvalue weighted by atomic mass is 10.1. The molecule has 21 heavy (non-hydrogen) atoms. The number of halogens is 1. The molecule has 0 amide bonds. The van der Waals surface area contributed by atoms with Gasteiger partial charge in [-0.2, -0.15) is 0 Å². The van der Waals surface area contributed by atoms with Gasteiger partial charge >= 0.3 is 0 Å². The normalized spacial score (nSPS) is 11.5. The molecule has 4 nitrogen and oxygen atoms in total. The Balaban J connectivity index is 2.13. The molecule has 112 valence electrons. The van der Waals surface area contributed by atoms with Gasteiger partial charge in [-0.1, -0.05) is 42.8 Å². The second kappa shape index (κ2) is 6.47. The second-order valence-corrected chi connectivity index (χ2v) is 6.85. The van der Waals surface area contributed by atoms with Crippen LogP contribution in [0.1, 0.15) is 18.1 Å². The van der Waals surface area contributed by atoms with Crippen LogP contribution < -0.4 is 10.5 Å². The molecule has 0 aromatic heterocycles. The van der Waals surface area contributed by atoms with Gasteiger partial charge in [0.2, 0.25) is 10.0 Å². The first-order chi connectivity index (χ1) is 9.92. The number of aryl methyl sites for hydroxylation is 1. The predicted molar refractivity (Wildman–Crippen MR) is 85.7 cm³/mol. The van der Waals surface area contributed by atoms with Gasteiger partial charge in [-0.15, -0.1) is 0 Å². The van der Waals surface area contributed by atoms with Crippen molar-refractivity contribution in [2.45, 2.75) is 24.8 Å². The second-order valence-electron chi connectivity index (χ2n) is 4.68. The molecule has 2 rings (SSSR count). The van der Waals surface area contributed by atoms with E-state index < -0.39 is 10.0 Å². The summed E-state index contributed by atoms with van der Waals surface area (Å²) in [6.45, 7) is 2.29. The van der Waals surface area contributed by atoms with Crippen molar-refractivity contribution in [1.82, 2.24) is 4.72 Å². The van der Waals surface area contributed by atoms with E-state index >= 15 is 0 Å². The van der Waals surface area contributed by atoms with Gasteiger partial charge in [0.25, 0.3) is 0 Å². The number of nitrogen functional groups attached to an aromatic ring is 1. The molecule has 0 unspecified atom stereocenters. The van der Waals surface area contributed by atoms with Gasteiger partial charge in [0.1, 0.15) is 4.90 Å². The number of hydrogen-bond donors (Lipinski definition) is 2. The van der Waals surface area contributed by atoms with Crippen LogP contribution in [-0.4, -0.2) is 8.42 Å². The average Bonchev–Trinajstić information content (AvgIpc) is 2.45. The number of benzene rings is 2. The Hall–Kier alpha value is -1.56. The number of nitrogens with two attached hydrogens (primary N) is 1. The van der Waals surface area contributed by atoms with Gasteiger partial charge in [-0.3, -0.25) is 0 Å². The predicted octanol–water partition coefficient (Wildman–Crippen LogP) is 2.96. The Morgan fingerprint density at radius 1 is 1.10 bits per heavy atom. The number of anilines is 1. The highest BCUT2D eigenvalue weighted by atomic mass is 35.5. The smallest absolute Gasteiger partial charge is 0.242 e. The summed E-state index contributed by atoms with van der Waals surface area (Å²) in [4.78, 5) is 0.0390. The van der Waals surface area contributed by atoms with Crippen molar-refractivity contribution in [3.05, 3.63) is 58.6 Å². The third-order valence-corrected chi connectivity index (χ3v) is 4.87. The maximum Gasteiger partial charge on any atom is 0.242 e. The number of sulfonamides is 1. The molecule has 0 heterocycles. The Labute approximate surface area is 130 Å². The highest BCUT2D eigenvalue weighted by Crippen LogP contribution is 2.22. The fourth-order valence-corrected chi connectivity index (χ4v) is 3.22. The molecule has 0 spiro atoms. The Morgan fingerprint density at radius 3 is 2.29 bits per heavy atom. The molecular formula is C15H17ClN2O2S. The molecule has 0 aliphatic carbocycles. The van der Waals surface area contributed by atoms with Crippen molar-refractivity contribution >= 4 is 27.3 Å². The molecule has 3 N–H and O–H groups in total. The first-order valence-electron chi connectivity index (χ1n) is 6.55. The Kier molecular flexibility index (Phi) is 4.88. The molecule has 0 aliphatic rings. The van der Waals surface area contributed by atoms with Crippen molar-refractivity contribution in [2.24, 2.45) is 0 Å². The van der Waals surface area contributed by atoms with Crippen LogP contribution in [0.5, 0.6) is 0 Å². The van der Waals surface area contributed by atoms with Gasteiger partial charge in [0, 0.05) is 11.6 Å². The number of rotatable bonds is 5. The molecule has 0 bridgehead atoms. The van der Waals surface area contributed by atoms with Crippen LogP contribution in [0.25, 0.3) is 0 Å². The molecule has 2 aromatic carbocycles. The zero-order valence-corrected chi connectivity index (χ0v) is 13.2. The van der Waals surface area contributed by atoms with Crippen LogP contribution >= 0.6 is 11.6 Å². The van der Waals surface area contributed by atoms with Gasteiger partial charge in [0.15, 0.2) is 0 Å². The summed E-state index contributed by atoms with van der Waals surface area (Å²) in [7, 11) is -3.66. The van der Waals surface area contributed by atoms with E-state index in [1.54, 1.807) is 0 Å². The summed E-state index contributed by atoms with van der Waals surface area (Å²) in [5.41, 5.74) is 7.95. The first kappa shape index (κ1) is 15.8. The van der Waals surface area contributed by atoms with E-state index in [9.17, 15) is 8.42 Å². The van der Waals surface area contributed by atoms with E-state index in [0.717, 1.165) is 12.0 Å². The van der Waals surface area contributed by atoms with E-state index in [1.807, 2.05) is 24.3 Å². The third-order valence-electron chi connectivity index (χ3n) is 3.16. The van der Waals surface area contributed by atoms with Gasteiger partial charge in [-0.25, -0.2) is 13.1 Å². The van der Waals surface area contributed by atoms with Crippen molar-refractivity contribution < 1.29 is 8.42 Å². The maximum atomic E-state index is 12.2. The number of nitrogens with one attached hydrogen (secondary N) is 1. The van der Waals surface area contributed by atoms with E-state index in [1.165, 1.54) is 23.8 Å². The van der Waals surface area contributed by atoms with Crippen LogP contribution in [0.15, 0.2) is 47.4 Å². The van der Waals surface area contributed by atoms with Gasteiger partial charge in [-0.05, 0) is 35.7 Å². The monoisotopic (exact) mass is 324 g/mol. The first-order valence-corrected chi connectivity index (χ1v) is 8.41. The number of hydrogen-bond acceptors (Lipinski definition) is 3. The van der Waals surface area contributed by atoms with Crippen LogP contribution in [0, 0.1) is 0 Å². The molecule has 0 saturated carbocycles. The molecule has 2 aromatic rings. The molecule has 0 radical (unpaired) electrons. The van der Waals surface area contributed by atoms with Crippen molar-refractivity contribution in [1.29, 1.82) is 0 Å². The van der Waals surface area contributed by atoms with Crippen molar-refractivity contribution in [3.63, 3.8) is 0 Å². The highest BCUT2D eigenvalue weighted by molar-refractivity contribution is 7.89. The summed E-state index contributed by atoms with van der Waals surface area (Å²) in [6, 6.07) is 12.1. The van der Waals surface area contributed by atoms with Crippen molar-refractivity contribution in [2.75, 3.05) is 5.73 Å². The minimum atomic E-state index is -3.66. The van der Waals surface area contributed by atoms with E-state index in [4.69, 9.17) is 17.3 Å². The van der Waals surface area contributed by atoms with Crippen LogP contribution in [-0.2, 0) is 23.0 Å². The highest BCUT2D eigenvalue weighted by Gasteiger charge is 2.17. The minimum Gasteiger partial charge on any atom is -0.398 e. The summed E-state index contributed by atoms with van der Waals surface area (Å²) in [5.74, 6) is 0. The van der Waals surface area contributed by atoms with E-state index in [-0.39, 0.29) is 17.1 Å². The van der Waals surface area contributed by atoms with Gasteiger partial charge < -0.3 is 5.73 Å². The molecular weight excluding hydrogens is 308 g/mol. The largest absolute Gasteiger partial charge is 0.398 e. The molecule has 6 heteroatoms. The lowest BCUT2D eigenvalue weighted by Crippen LogP contribution is -2.24. The molecule has 0 aliphatic heterocycles. The summed E-state index contributed by atoms with van der Waals surface area (Å²) in [6.07, 6.45) is 0.952. The zero-order valence-electron chi connectivity index (χ0n) is 11.6. The zero-order chi connectivity index (χ0) is 15.5. The average molecular weight is 325 g/mol. The summed E-state index contributed by atoms with van der Waals surface area (Å²) in [5, 5.41) is 0.404. The van der Waals surface area contributed by atoms with E-state index in [0.29, 0.717) is 5.02 Å². The lowest BCUT2D eigenvalue weighted by molar-refractivity contribution is 0.582. The minimum absolute atomic E-state index is 0.0390. The van der Waals surface area contributed by atoms with Crippen LogP contribution in [0.4, 0.5) is 5.69 Å². The maximum absolute atomic E-state index is 12.2. The quantitative estimate of drug-likeness (QED) is 0.830. The Morgan fingerprint density at radius 2 is 1.71 bits per heavy atom. The molecule has 0 saturated heterocycles. The SMILES string of the molecule is CCc1ccc(CNS(=O)(=O)c2ccc(Cl)cc2N)cc1. The topological polar surface area (TPSA) is 72.2 Å². The Bertz CT molecular complexity index is 728. The third kappa shape index (κ3) is 3.97. The van der Waals surface area contributed by atoms with Crippen molar-refractivity contribution in [3.8, 4) is 0 Å². The van der Waals surface area contributed by atoms with Crippen LogP contribution in [0.3, 0.4) is 0 Å². The van der Waals surface area contributed by atoms with Crippen LogP contribution in [0.2, 0.25) is 5.02 Å². The standard InChI is InChI=1S/C15H17ClN2O2S/c1-2-11-3-5-12(6-4-11)10-18-21(19,20)15-8-7-13(16)9-14(15)17/h3-9,18H,2,10,17H2,1H3. The van der Waals surface area contributed by atoms with E-state index in [2.05, 4.69) is 11.6 Å². The summed E-state index contributed by atoms with van der Waals surface area (Å²) < 4.78 is 27.0. The fraction of sp³-hybridized carbons (Fsp3) is 0.200. The van der Waals surface area contributed by atoms with Gasteiger partial charge in [0.05, 0.1) is 5.69 Å². The fourth-order valence-electron chi connectivity index (χ4n) is 1.91. The molecule has 0 fully saturated rings. The lowest BCUT2D eigenvalue weighted by Gasteiger charge is -2.09.